The number of nitrogens with zero attached hydrogens (tertiary/aromatic N) is 4. The number of hydrogen-bond donors (Lipinski definition) is 1. The van der Waals surface area contributed by atoms with Gasteiger partial charge in [0.25, 0.3) is 11.8 Å². The lowest BCUT2D eigenvalue weighted by molar-refractivity contribution is 0.0857. The van der Waals surface area contributed by atoms with Gasteiger partial charge < -0.3 is 14.5 Å². The molecule has 1 amide bonds. The molecule has 1 saturated heterocycles. The van der Waals surface area contributed by atoms with Gasteiger partial charge in [0, 0.05) is 31.1 Å². The number of benzene rings is 1. The van der Waals surface area contributed by atoms with Gasteiger partial charge in [-0.25, -0.2) is 4.68 Å². The van der Waals surface area contributed by atoms with Crippen LogP contribution in [0, 0.1) is 6.92 Å². The predicted octanol–water partition coefficient (Wildman–Crippen LogP) is 3.44. The Hall–Kier alpha value is -3.00. The van der Waals surface area contributed by atoms with E-state index in [2.05, 4.69) is 36.3 Å². The Labute approximate surface area is 175 Å². The minimum absolute atomic E-state index is 0.108. The smallest absolute Gasteiger partial charge is 0.268 e. The normalized spacial score (nSPS) is 16.7. The molecule has 0 bridgehead atoms. The Morgan fingerprint density at radius 3 is 2.77 bits per heavy atom. The summed E-state index contributed by atoms with van der Waals surface area (Å²) in [6.07, 6.45) is 2.14. The highest BCUT2D eigenvalue weighted by molar-refractivity contribution is 5.94. The summed E-state index contributed by atoms with van der Waals surface area (Å²) in [6.45, 7) is 9.38. The van der Waals surface area contributed by atoms with Crippen LogP contribution in [0.3, 0.4) is 0 Å². The Bertz CT molecular complexity index is 1040. The molecule has 1 aromatic carbocycles. The van der Waals surface area contributed by atoms with E-state index in [1.807, 2.05) is 28.9 Å². The maximum atomic E-state index is 12.7. The van der Waals surface area contributed by atoms with Crippen LogP contribution in [0.1, 0.15) is 55.6 Å². The second kappa shape index (κ2) is 8.02. The Morgan fingerprint density at radius 1 is 1.27 bits per heavy atom. The third kappa shape index (κ3) is 4.28. The number of ether oxygens (including phenoxy) is 1. The van der Waals surface area contributed by atoms with Crippen LogP contribution in [0.2, 0.25) is 0 Å². The molecule has 3 heterocycles. The summed E-state index contributed by atoms with van der Waals surface area (Å²) in [4.78, 5) is 12.7. The number of nitrogens with one attached hydrogen (secondary N) is 1. The molecular formula is C22H27N5O3. The van der Waals surface area contributed by atoms with E-state index >= 15 is 0 Å². The van der Waals surface area contributed by atoms with E-state index in [1.54, 1.807) is 13.0 Å². The Kier molecular flexibility index (Phi) is 5.42. The summed E-state index contributed by atoms with van der Waals surface area (Å²) in [5.41, 5.74) is 2.78. The van der Waals surface area contributed by atoms with Crippen molar-refractivity contribution in [1.82, 2.24) is 25.3 Å². The van der Waals surface area contributed by atoms with Crippen molar-refractivity contribution in [2.75, 3.05) is 13.2 Å². The highest BCUT2D eigenvalue weighted by Crippen LogP contribution is 2.29. The predicted molar refractivity (Wildman–Crippen MR) is 112 cm³/mol. The molecule has 158 valence electrons. The fourth-order valence-corrected chi connectivity index (χ4v) is 3.51. The zero-order chi connectivity index (χ0) is 21.3. The second-order valence-electron chi connectivity index (χ2n) is 8.60. The first-order valence-corrected chi connectivity index (χ1v) is 10.2. The molecule has 1 atom stereocenters. The fraction of sp³-hybridized carbons (Fsp3) is 0.455. The molecule has 1 aliphatic rings. The first kappa shape index (κ1) is 20.3. The summed E-state index contributed by atoms with van der Waals surface area (Å²) >= 11 is 0. The maximum Gasteiger partial charge on any atom is 0.268 e. The minimum Gasteiger partial charge on any atom is -0.420 e. The van der Waals surface area contributed by atoms with Crippen molar-refractivity contribution in [3.05, 3.63) is 47.5 Å². The number of hydrogen-bond acceptors (Lipinski definition) is 6. The average molecular weight is 409 g/mol. The summed E-state index contributed by atoms with van der Waals surface area (Å²) in [7, 11) is 0. The van der Waals surface area contributed by atoms with Crippen molar-refractivity contribution in [2.45, 2.75) is 52.1 Å². The topological polar surface area (TPSA) is 95.1 Å². The summed E-state index contributed by atoms with van der Waals surface area (Å²) in [6, 6.07) is 9.40. The lowest BCUT2D eigenvalue weighted by Crippen LogP contribution is -2.31. The van der Waals surface area contributed by atoms with E-state index in [4.69, 9.17) is 14.3 Å². The van der Waals surface area contributed by atoms with Gasteiger partial charge in [0.15, 0.2) is 0 Å². The van der Waals surface area contributed by atoms with Gasteiger partial charge in [0.2, 0.25) is 5.89 Å². The third-order valence-electron chi connectivity index (χ3n) is 5.09. The average Bonchev–Trinajstić information content (AvgIpc) is 3.45. The van der Waals surface area contributed by atoms with E-state index in [0.717, 1.165) is 30.8 Å². The van der Waals surface area contributed by atoms with Gasteiger partial charge in [-0.3, -0.25) is 4.79 Å². The molecule has 0 radical (unpaired) electrons. The van der Waals surface area contributed by atoms with Gasteiger partial charge >= 0.3 is 0 Å². The number of amides is 1. The van der Waals surface area contributed by atoms with E-state index in [1.165, 1.54) is 0 Å². The minimum atomic E-state index is -0.182. The molecule has 8 heteroatoms. The largest absolute Gasteiger partial charge is 0.420 e. The molecule has 4 rings (SSSR count). The molecule has 1 N–H and O–H groups in total. The van der Waals surface area contributed by atoms with Crippen LogP contribution in [0.15, 0.2) is 34.7 Å². The van der Waals surface area contributed by atoms with Gasteiger partial charge in [-0.1, -0.05) is 26.8 Å². The van der Waals surface area contributed by atoms with Crippen LogP contribution in [0.25, 0.3) is 17.3 Å². The van der Waals surface area contributed by atoms with Crippen LogP contribution in [-0.4, -0.2) is 45.1 Å². The molecule has 1 aliphatic heterocycles. The summed E-state index contributed by atoms with van der Waals surface area (Å²) < 4.78 is 13.0. The van der Waals surface area contributed by atoms with Crippen LogP contribution in [-0.2, 0) is 10.2 Å². The molecule has 0 aliphatic carbocycles. The lowest BCUT2D eigenvalue weighted by atomic mass is 9.91. The molecule has 1 unspecified atom stereocenters. The first-order chi connectivity index (χ1) is 14.3. The SMILES string of the molecule is Cc1nnc(-c2cc(C(C)(C)C)n(-c3cccc(C(=O)NCC4CCCO4)c3)n2)o1. The number of rotatable bonds is 5. The molecule has 8 nitrogen and oxygen atoms in total. The molecule has 30 heavy (non-hydrogen) atoms. The highest BCUT2D eigenvalue weighted by Gasteiger charge is 2.24. The van der Waals surface area contributed by atoms with Crippen molar-refractivity contribution < 1.29 is 13.9 Å². The van der Waals surface area contributed by atoms with Gasteiger partial charge in [-0.05, 0) is 37.1 Å². The zero-order valence-electron chi connectivity index (χ0n) is 17.8. The molecule has 3 aromatic rings. The van der Waals surface area contributed by atoms with E-state index < -0.39 is 0 Å². The van der Waals surface area contributed by atoms with Crippen LogP contribution in [0.5, 0.6) is 0 Å². The highest BCUT2D eigenvalue weighted by atomic mass is 16.5. The first-order valence-electron chi connectivity index (χ1n) is 10.2. The van der Waals surface area contributed by atoms with Crippen molar-refractivity contribution in [3.8, 4) is 17.3 Å². The molecule has 1 fully saturated rings. The monoisotopic (exact) mass is 409 g/mol. The maximum absolute atomic E-state index is 12.7. The molecule has 0 spiro atoms. The standard InChI is InChI=1S/C22H27N5O3/c1-14-24-25-21(30-14)18-12-19(22(2,3)4)27(26-18)16-8-5-7-15(11-16)20(28)23-13-17-9-6-10-29-17/h5,7-8,11-12,17H,6,9-10,13H2,1-4H3,(H,23,28). The fourth-order valence-electron chi connectivity index (χ4n) is 3.51. The van der Waals surface area contributed by atoms with Crippen molar-refractivity contribution in [3.63, 3.8) is 0 Å². The Morgan fingerprint density at radius 2 is 2.10 bits per heavy atom. The third-order valence-corrected chi connectivity index (χ3v) is 5.09. The van der Waals surface area contributed by atoms with Crippen LogP contribution in [0.4, 0.5) is 0 Å². The number of aryl methyl sites for hydroxylation is 1. The molecular weight excluding hydrogens is 382 g/mol. The summed E-state index contributed by atoms with van der Waals surface area (Å²) in [5, 5.41) is 15.7. The van der Waals surface area contributed by atoms with Crippen molar-refractivity contribution in [1.29, 1.82) is 0 Å². The number of aromatic nitrogens is 4. The molecule has 0 saturated carbocycles. The van der Waals surface area contributed by atoms with Crippen LogP contribution < -0.4 is 5.32 Å². The van der Waals surface area contributed by atoms with Crippen molar-refractivity contribution in [2.24, 2.45) is 0 Å². The zero-order valence-corrected chi connectivity index (χ0v) is 17.8. The van der Waals surface area contributed by atoms with Gasteiger partial charge in [-0.15, -0.1) is 10.2 Å². The van der Waals surface area contributed by atoms with Gasteiger partial charge in [0.05, 0.1) is 17.5 Å². The summed E-state index contributed by atoms with van der Waals surface area (Å²) in [5.74, 6) is 0.744. The molecule has 2 aromatic heterocycles. The number of carbonyl (C=O) groups is 1. The van der Waals surface area contributed by atoms with Gasteiger partial charge in [-0.2, -0.15) is 5.10 Å². The Balaban J connectivity index is 1.63. The number of carbonyl (C=O) groups excluding carboxylic acids is 1. The van der Waals surface area contributed by atoms with Crippen LogP contribution >= 0.6 is 0 Å². The second-order valence-corrected chi connectivity index (χ2v) is 8.60. The van der Waals surface area contributed by atoms with Crippen molar-refractivity contribution >= 4 is 5.91 Å². The quantitative estimate of drug-likeness (QED) is 0.694. The van der Waals surface area contributed by atoms with E-state index in [0.29, 0.717) is 29.6 Å². The lowest BCUT2D eigenvalue weighted by Gasteiger charge is -2.20. The van der Waals surface area contributed by atoms with Gasteiger partial charge in [0.1, 0.15) is 5.69 Å². The van der Waals surface area contributed by atoms with E-state index in [-0.39, 0.29) is 17.4 Å². The van der Waals surface area contributed by atoms with E-state index in [9.17, 15) is 4.79 Å².